The molecule has 2 aliphatic rings. The van der Waals surface area contributed by atoms with E-state index >= 15 is 0 Å². The van der Waals surface area contributed by atoms with Crippen molar-refractivity contribution in [1.29, 1.82) is 0 Å². The number of aryl methyl sites for hydroxylation is 1. The van der Waals surface area contributed by atoms with Crippen molar-refractivity contribution in [3.63, 3.8) is 0 Å². The van der Waals surface area contributed by atoms with E-state index in [1.165, 1.54) is 12.1 Å². The van der Waals surface area contributed by atoms with E-state index in [0.29, 0.717) is 24.2 Å². The maximum Gasteiger partial charge on any atom is 0.416 e. The van der Waals surface area contributed by atoms with Crippen LogP contribution < -0.4 is 10.2 Å². The summed E-state index contributed by atoms with van der Waals surface area (Å²) < 4.78 is 42.0. The Morgan fingerprint density at radius 2 is 1.58 bits per heavy atom. The number of halogens is 3. The molecule has 1 amide bonds. The molecule has 2 aliphatic heterocycles. The third-order valence-corrected chi connectivity index (χ3v) is 8.10. The van der Waals surface area contributed by atoms with Crippen molar-refractivity contribution in [2.75, 3.05) is 76.7 Å². The average molecular weight is 591 g/mol. The quantitative estimate of drug-likeness (QED) is 0.440. The van der Waals surface area contributed by atoms with Crippen molar-refractivity contribution in [1.82, 2.24) is 19.7 Å². The predicted octanol–water partition coefficient (Wildman–Crippen LogP) is 4.56. The van der Waals surface area contributed by atoms with Crippen LogP contribution in [0.5, 0.6) is 0 Å². The molecule has 0 unspecified atom stereocenters. The molecule has 1 N–H and O–H groups in total. The summed E-state index contributed by atoms with van der Waals surface area (Å²) in [6.45, 7) is 9.00. The van der Waals surface area contributed by atoms with Crippen molar-refractivity contribution in [2.45, 2.75) is 19.6 Å². The molecule has 0 atom stereocenters. The Labute approximate surface area is 251 Å². The molecule has 2 fully saturated rings. The molecule has 2 saturated heterocycles. The highest BCUT2D eigenvalue weighted by Crippen LogP contribution is 2.35. The van der Waals surface area contributed by atoms with E-state index < -0.39 is 17.6 Å². The largest absolute Gasteiger partial charge is 0.416 e. The van der Waals surface area contributed by atoms with E-state index in [4.69, 9.17) is 0 Å². The van der Waals surface area contributed by atoms with Gasteiger partial charge in [0.25, 0.3) is 5.91 Å². The number of benzene rings is 2. The summed E-state index contributed by atoms with van der Waals surface area (Å²) in [7, 11) is 4.12. The third-order valence-electron chi connectivity index (χ3n) is 8.10. The van der Waals surface area contributed by atoms with Gasteiger partial charge in [0.05, 0.1) is 17.4 Å². The first-order valence-corrected chi connectivity index (χ1v) is 14.5. The normalized spacial score (nSPS) is 16.9. The SMILES string of the molecule is Cc1ccc(C(=O)Nc2ccc(CN3CCN(C)CC3)c(C(F)(F)F)c2)cc1C#Cc1cncc(N2CCN(C)CC2)c1. The minimum Gasteiger partial charge on any atom is -0.368 e. The molecule has 2 aromatic carbocycles. The summed E-state index contributed by atoms with van der Waals surface area (Å²) in [5.41, 5.74) is 3.23. The van der Waals surface area contributed by atoms with Crippen molar-refractivity contribution in [3.8, 4) is 11.8 Å². The van der Waals surface area contributed by atoms with Crippen LogP contribution in [0.2, 0.25) is 0 Å². The first-order valence-electron chi connectivity index (χ1n) is 14.5. The molecule has 5 rings (SSSR count). The number of rotatable bonds is 5. The molecule has 3 heterocycles. The Morgan fingerprint density at radius 1 is 0.884 bits per heavy atom. The Balaban J connectivity index is 1.30. The fourth-order valence-electron chi connectivity index (χ4n) is 5.28. The first kappa shape index (κ1) is 30.5. The maximum atomic E-state index is 14.0. The van der Waals surface area contributed by atoms with Crippen LogP contribution >= 0.6 is 0 Å². The Kier molecular flexibility index (Phi) is 9.35. The fraction of sp³-hybridized carbons (Fsp3) is 0.394. The van der Waals surface area contributed by atoms with Gasteiger partial charge in [-0.25, -0.2) is 0 Å². The zero-order chi connectivity index (χ0) is 30.6. The number of nitrogens with zero attached hydrogens (tertiary/aromatic N) is 5. The molecule has 226 valence electrons. The fourth-order valence-corrected chi connectivity index (χ4v) is 5.28. The molecule has 1 aromatic heterocycles. The molecule has 10 heteroatoms. The van der Waals surface area contributed by atoms with Crippen LogP contribution in [-0.4, -0.2) is 92.0 Å². The van der Waals surface area contributed by atoms with Crippen LogP contribution in [0.15, 0.2) is 54.9 Å². The Hall–Kier alpha value is -3.91. The van der Waals surface area contributed by atoms with Crippen molar-refractivity contribution >= 4 is 17.3 Å². The molecule has 43 heavy (non-hydrogen) atoms. The van der Waals surface area contributed by atoms with Crippen molar-refractivity contribution < 1.29 is 18.0 Å². The molecule has 3 aromatic rings. The molecular weight excluding hydrogens is 553 g/mol. The number of amides is 1. The molecule has 0 radical (unpaired) electrons. The van der Waals surface area contributed by atoms with Gasteiger partial charge in [-0.15, -0.1) is 0 Å². The van der Waals surface area contributed by atoms with E-state index in [1.54, 1.807) is 24.4 Å². The Bertz CT molecular complexity index is 1510. The lowest BCUT2D eigenvalue weighted by Gasteiger charge is -2.33. The number of carbonyl (C=O) groups is 1. The highest BCUT2D eigenvalue weighted by Gasteiger charge is 2.34. The van der Waals surface area contributed by atoms with Crippen LogP contribution in [0.3, 0.4) is 0 Å². The van der Waals surface area contributed by atoms with Gasteiger partial charge < -0.3 is 20.0 Å². The second kappa shape index (κ2) is 13.2. The van der Waals surface area contributed by atoms with Gasteiger partial charge in [-0.05, 0) is 62.5 Å². The van der Waals surface area contributed by atoms with E-state index in [1.807, 2.05) is 31.1 Å². The van der Waals surface area contributed by atoms with Gasteiger partial charge in [0.1, 0.15) is 0 Å². The number of nitrogens with one attached hydrogen (secondary N) is 1. The summed E-state index contributed by atoms with van der Waals surface area (Å²) in [5.74, 6) is 5.81. The topological polar surface area (TPSA) is 55.0 Å². The van der Waals surface area contributed by atoms with Gasteiger partial charge in [-0.3, -0.25) is 14.7 Å². The second-order valence-corrected chi connectivity index (χ2v) is 11.4. The van der Waals surface area contributed by atoms with Crippen LogP contribution in [0.1, 0.15) is 38.2 Å². The zero-order valence-electron chi connectivity index (χ0n) is 24.8. The lowest BCUT2D eigenvalue weighted by molar-refractivity contribution is -0.138. The number of carbonyl (C=O) groups excluding carboxylic acids is 1. The smallest absolute Gasteiger partial charge is 0.368 e. The van der Waals surface area contributed by atoms with Gasteiger partial charge in [0.15, 0.2) is 0 Å². The minimum atomic E-state index is -4.54. The monoisotopic (exact) mass is 590 g/mol. The van der Waals surface area contributed by atoms with Crippen LogP contribution in [0, 0.1) is 18.8 Å². The lowest BCUT2D eigenvalue weighted by atomic mass is 10.0. The number of piperazine rings is 2. The van der Waals surface area contributed by atoms with Gasteiger partial charge in [-0.1, -0.05) is 24.0 Å². The van der Waals surface area contributed by atoms with Crippen molar-refractivity contribution in [3.05, 3.63) is 88.2 Å². The average Bonchev–Trinajstić information content (AvgIpc) is 2.98. The number of hydrogen-bond donors (Lipinski definition) is 1. The molecule has 7 nitrogen and oxygen atoms in total. The van der Waals surface area contributed by atoms with Gasteiger partial charge in [0.2, 0.25) is 0 Å². The zero-order valence-corrected chi connectivity index (χ0v) is 24.8. The lowest BCUT2D eigenvalue weighted by Crippen LogP contribution is -2.44. The molecule has 0 spiro atoms. The molecule has 0 aliphatic carbocycles. The number of alkyl halides is 3. The van der Waals surface area contributed by atoms with Gasteiger partial charge >= 0.3 is 6.18 Å². The number of pyridine rings is 1. The van der Waals surface area contributed by atoms with Gasteiger partial charge in [0, 0.05) is 87.5 Å². The summed E-state index contributed by atoms with van der Waals surface area (Å²) in [4.78, 5) is 26.2. The van der Waals surface area contributed by atoms with E-state index in [-0.39, 0.29) is 17.8 Å². The summed E-state index contributed by atoms with van der Waals surface area (Å²) in [5, 5.41) is 2.65. The number of anilines is 2. The number of likely N-dealkylation sites (N-methyl/N-ethyl adjacent to an activating group) is 2. The molecule has 0 bridgehead atoms. The van der Waals surface area contributed by atoms with E-state index in [2.05, 4.69) is 43.9 Å². The third kappa shape index (κ3) is 7.93. The maximum absolute atomic E-state index is 14.0. The van der Waals surface area contributed by atoms with Crippen LogP contribution in [-0.2, 0) is 12.7 Å². The minimum absolute atomic E-state index is 0.0967. The summed E-state index contributed by atoms with van der Waals surface area (Å²) >= 11 is 0. The van der Waals surface area contributed by atoms with Gasteiger partial charge in [-0.2, -0.15) is 13.2 Å². The molecule has 0 saturated carbocycles. The number of hydrogen-bond acceptors (Lipinski definition) is 6. The highest BCUT2D eigenvalue weighted by molar-refractivity contribution is 6.04. The first-order chi connectivity index (χ1) is 20.5. The predicted molar refractivity (Wildman–Crippen MR) is 163 cm³/mol. The highest BCUT2D eigenvalue weighted by atomic mass is 19.4. The second-order valence-electron chi connectivity index (χ2n) is 11.4. The standard InChI is InChI=1S/C33H37F3N6O/c1-24-4-6-27(19-26(24)7-5-25-18-30(22-37-21-25)42-16-12-40(3)13-17-42)32(43)38-29-9-8-28(31(20-29)33(34,35)36)23-41-14-10-39(2)11-15-41/h4,6,8-9,18-22H,10-17,23H2,1-3H3,(H,38,43). The van der Waals surface area contributed by atoms with E-state index in [9.17, 15) is 18.0 Å². The Morgan fingerprint density at radius 3 is 2.28 bits per heavy atom. The van der Waals surface area contributed by atoms with E-state index in [0.717, 1.165) is 62.1 Å². The van der Waals surface area contributed by atoms with Crippen molar-refractivity contribution in [2.24, 2.45) is 0 Å². The summed E-state index contributed by atoms with van der Waals surface area (Å²) in [6.07, 6.45) is -0.980. The number of aromatic nitrogens is 1. The molecular formula is C33H37F3N6O. The summed E-state index contributed by atoms with van der Waals surface area (Å²) in [6, 6.07) is 11.2. The van der Waals surface area contributed by atoms with Crippen LogP contribution in [0.25, 0.3) is 0 Å². The van der Waals surface area contributed by atoms with Crippen LogP contribution in [0.4, 0.5) is 24.5 Å².